The molecule has 2 saturated heterocycles. The van der Waals surface area contributed by atoms with E-state index in [0.717, 1.165) is 31.3 Å². The van der Waals surface area contributed by atoms with E-state index in [1.165, 1.54) is 4.31 Å². The van der Waals surface area contributed by atoms with Crippen LogP contribution in [0.3, 0.4) is 0 Å². The Hall–Kier alpha value is -1.68. The van der Waals surface area contributed by atoms with Crippen LogP contribution in [0.1, 0.15) is 44.3 Å². The monoisotopic (exact) mass is 371 g/mol. The summed E-state index contributed by atoms with van der Waals surface area (Å²) in [5, 5.41) is 6.63. The van der Waals surface area contributed by atoms with E-state index in [0.29, 0.717) is 32.6 Å². The van der Waals surface area contributed by atoms with Crippen LogP contribution in [0.15, 0.2) is 4.79 Å². The van der Waals surface area contributed by atoms with Crippen LogP contribution in [0.2, 0.25) is 0 Å². The van der Waals surface area contributed by atoms with Crippen LogP contribution in [-0.4, -0.2) is 70.2 Å². The average molecular weight is 371 g/mol. The van der Waals surface area contributed by atoms with Crippen LogP contribution >= 0.6 is 0 Å². The van der Waals surface area contributed by atoms with Gasteiger partial charge in [0, 0.05) is 32.1 Å². The molecule has 1 aromatic rings. The summed E-state index contributed by atoms with van der Waals surface area (Å²) >= 11 is 0. The van der Waals surface area contributed by atoms with Crippen molar-refractivity contribution in [2.45, 2.75) is 51.1 Å². The van der Waals surface area contributed by atoms with Crippen molar-refractivity contribution < 1.29 is 13.2 Å². The fourth-order valence-electron chi connectivity index (χ4n) is 3.90. The van der Waals surface area contributed by atoms with Gasteiger partial charge < -0.3 is 4.90 Å². The van der Waals surface area contributed by atoms with Crippen molar-refractivity contribution in [3.63, 3.8) is 0 Å². The number of sulfonamides is 1. The third kappa shape index (κ3) is 3.50. The lowest BCUT2D eigenvalue weighted by molar-refractivity contribution is -0.135. The van der Waals surface area contributed by atoms with Crippen molar-refractivity contribution in [3.05, 3.63) is 16.3 Å². The number of rotatable bonds is 4. The summed E-state index contributed by atoms with van der Waals surface area (Å²) in [4.78, 5) is 26.2. The van der Waals surface area contributed by atoms with E-state index < -0.39 is 16.1 Å². The number of amides is 1. The Bertz CT molecular complexity index is 791. The molecule has 1 aromatic heterocycles. The van der Waals surface area contributed by atoms with Gasteiger partial charge in [-0.05, 0) is 32.6 Å². The Morgan fingerprint density at radius 3 is 2.52 bits per heavy atom. The van der Waals surface area contributed by atoms with Gasteiger partial charge in [0.05, 0.1) is 6.26 Å². The zero-order chi connectivity index (χ0) is 18.2. The van der Waals surface area contributed by atoms with Gasteiger partial charge in [0.2, 0.25) is 15.9 Å². The van der Waals surface area contributed by atoms with Crippen LogP contribution in [-0.2, 0) is 21.4 Å². The lowest BCUT2D eigenvalue weighted by atomic mass is 9.95. The first-order valence-electron chi connectivity index (χ1n) is 8.73. The topological polar surface area (TPSA) is 108 Å². The number of H-pyrrole nitrogens is 1. The van der Waals surface area contributed by atoms with Gasteiger partial charge in [-0.15, -0.1) is 0 Å². The highest BCUT2D eigenvalue weighted by atomic mass is 32.2. The number of nitrogens with zero attached hydrogens (tertiary/aromatic N) is 4. The second-order valence-corrected chi connectivity index (χ2v) is 8.70. The first-order chi connectivity index (χ1) is 11.8. The molecule has 0 aromatic carbocycles. The van der Waals surface area contributed by atoms with Gasteiger partial charge in [0.25, 0.3) is 0 Å². The minimum absolute atomic E-state index is 0.101. The molecule has 1 N–H and O–H groups in total. The van der Waals surface area contributed by atoms with E-state index >= 15 is 0 Å². The summed E-state index contributed by atoms with van der Waals surface area (Å²) < 4.78 is 26.7. The smallest absolute Gasteiger partial charge is 0.341 e. The summed E-state index contributed by atoms with van der Waals surface area (Å²) in [6.07, 6.45) is 3.91. The van der Waals surface area contributed by atoms with E-state index in [4.69, 9.17) is 0 Å². The van der Waals surface area contributed by atoms with Crippen molar-refractivity contribution in [3.8, 4) is 0 Å². The second kappa shape index (κ2) is 6.91. The third-order valence-electron chi connectivity index (χ3n) is 5.19. The number of carbonyl (C=O) groups excluding carboxylic acids is 1. The van der Waals surface area contributed by atoms with Crippen LogP contribution in [0, 0.1) is 0 Å². The van der Waals surface area contributed by atoms with E-state index in [9.17, 15) is 18.0 Å². The van der Waals surface area contributed by atoms with E-state index in [1.807, 2.05) is 6.92 Å². The molecule has 0 spiro atoms. The maximum Gasteiger partial charge on any atom is 0.343 e. The maximum absolute atomic E-state index is 12.8. The molecule has 0 aliphatic carbocycles. The van der Waals surface area contributed by atoms with Crippen molar-refractivity contribution >= 4 is 15.9 Å². The molecule has 3 rings (SSSR count). The number of hydrogen-bond acceptors (Lipinski definition) is 5. The number of aromatic amines is 1. The largest absolute Gasteiger partial charge is 0.343 e. The number of nitrogens with one attached hydrogen (secondary N) is 1. The highest BCUT2D eigenvalue weighted by molar-refractivity contribution is 7.88. The highest BCUT2D eigenvalue weighted by Crippen LogP contribution is 2.28. The average Bonchev–Trinajstić information content (AvgIpc) is 3.20. The van der Waals surface area contributed by atoms with Gasteiger partial charge in [-0.25, -0.2) is 18.3 Å². The van der Waals surface area contributed by atoms with Crippen molar-refractivity contribution in [1.29, 1.82) is 0 Å². The Morgan fingerprint density at radius 2 is 1.92 bits per heavy atom. The van der Waals surface area contributed by atoms with Gasteiger partial charge in [-0.3, -0.25) is 9.36 Å². The number of carbonyl (C=O) groups is 1. The summed E-state index contributed by atoms with van der Waals surface area (Å²) in [5.74, 6) is 0.784. The van der Waals surface area contributed by atoms with Gasteiger partial charge in [-0.1, -0.05) is 0 Å². The Kier molecular flexibility index (Phi) is 5.01. The number of hydrogen-bond donors (Lipinski definition) is 1. The zero-order valence-electron chi connectivity index (χ0n) is 14.6. The number of aromatic nitrogens is 3. The minimum atomic E-state index is -3.36. The molecule has 1 amide bonds. The van der Waals surface area contributed by atoms with E-state index in [2.05, 4.69) is 10.2 Å². The van der Waals surface area contributed by atoms with Gasteiger partial charge in [0.1, 0.15) is 11.9 Å². The van der Waals surface area contributed by atoms with Crippen LogP contribution in [0.5, 0.6) is 0 Å². The first-order valence-corrected chi connectivity index (χ1v) is 10.6. The Morgan fingerprint density at radius 1 is 1.24 bits per heavy atom. The molecule has 3 heterocycles. The second-order valence-electron chi connectivity index (χ2n) is 6.76. The SMILES string of the molecule is CCn1c(C2CCN(C(=O)C3CCCN3S(C)(=O)=O)CC2)n[nH]c1=O. The van der Waals surface area contributed by atoms with Gasteiger partial charge >= 0.3 is 5.69 Å². The maximum atomic E-state index is 12.8. The molecule has 140 valence electrons. The molecule has 0 radical (unpaired) electrons. The predicted molar refractivity (Wildman–Crippen MR) is 91.6 cm³/mol. The Labute approximate surface area is 147 Å². The molecule has 2 aliphatic heterocycles. The van der Waals surface area contributed by atoms with Crippen molar-refractivity contribution in [1.82, 2.24) is 24.0 Å². The summed E-state index contributed by atoms with van der Waals surface area (Å²) in [7, 11) is -3.36. The lowest BCUT2D eigenvalue weighted by Crippen LogP contribution is -2.49. The standard InChI is InChI=1S/C15H25N5O4S/c1-3-19-13(16-17-15(19)22)11-6-9-18(10-7-11)14(21)12-5-4-8-20(12)25(2,23)24/h11-12H,3-10H2,1-2H3,(H,17,22). The molecule has 2 aliphatic rings. The molecule has 0 saturated carbocycles. The molecule has 0 bridgehead atoms. The fourth-order valence-corrected chi connectivity index (χ4v) is 5.02. The molecule has 10 heteroatoms. The van der Waals surface area contributed by atoms with E-state index in [-0.39, 0.29) is 17.5 Å². The lowest BCUT2D eigenvalue weighted by Gasteiger charge is -2.34. The summed E-state index contributed by atoms with van der Waals surface area (Å²) in [6, 6.07) is -0.564. The highest BCUT2D eigenvalue weighted by Gasteiger charge is 2.39. The normalized spacial score (nSPS) is 23.3. The molecular weight excluding hydrogens is 346 g/mol. The molecule has 1 atom stereocenters. The molecular formula is C15H25N5O4S. The quantitative estimate of drug-likeness (QED) is 0.783. The van der Waals surface area contributed by atoms with Gasteiger partial charge in [0.15, 0.2) is 0 Å². The zero-order valence-corrected chi connectivity index (χ0v) is 15.5. The Balaban J connectivity index is 1.66. The van der Waals surface area contributed by atoms with E-state index in [1.54, 1.807) is 9.47 Å². The first kappa shape index (κ1) is 18.1. The predicted octanol–water partition coefficient (Wildman–Crippen LogP) is -0.279. The summed E-state index contributed by atoms with van der Waals surface area (Å²) in [5.41, 5.74) is -0.203. The number of piperidine rings is 1. The van der Waals surface area contributed by atoms with Crippen molar-refractivity contribution in [2.24, 2.45) is 0 Å². The number of likely N-dealkylation sites (tertiary alicyclic amines) is 1. The summed E-state index contributed by atoms with van der Waals surface area (Å²) in [6.45, 7) is 4.00. The molecule has 25 heavy (non-hydrogen) atoms. The molecule has 1 unspecified atom stereocenters. The van der Waals surface area contributed by atoms with Crippen molar-refractivity contribution in [2.75, 3.05) is 25.9 Å². The fraction of sp³-hybridized carbons (Fsp3) is 0.800. The third-order valence-corrected chi connectivity index (χ3v) is 6.48. The van der Waals surface area contributed by atoms with Crippen LogP contribution < -0.4 is 5.69 Å². The molecule has 2 fully saturated rings. The molecule has 9 nitrogen and oxygen atoms in total. The van der Waals surface area contributed by atoms with Gasteiger partial charge in [-0.2, -0.15) is 9.40 Å². The minimum Gasteiger partial charge on any atom is -0.341 e. The van der Waals surface area contributed by atoms with Crippen LogP contribution in [0.25, 0.3) is 0 Å². The van der Waals surface area contributed by atoms with Crippen LogP contribution in [0.4, 0.5) is 0 Å².